The van der Waals surface area contributed by atoms with Gasteiger partial charge in [-0.25, -0.2) is 4.79 Å². The molecular formula is C28H32N2O5. The molecule has 2 amide bonds. The predicted octanol–water partition coefficient (Wildman–Crippen LogP) is 4.31. The highest BCUT2D eigenvalue weighted by Crippen LogP contribution is 2.63. The molecule has 0 saturated heterocycles. The second-order valence-electron chi connectivity index (χ2n) is 10.6. The minimum Gasteiger partial charge on any atom is -0.481 e. The van der Waals surface area contributed by atoms with Crippen LogP contribution in [-0.2, 0) is 14.3 Å². The molecular weight excluding hydrogens is 444 g/mol. The summed E-state index contributed by atoms with van der Waals surface area (Å²) >= 11 is 0. The molecule has 2 aromatic rings. The molecule has 4 atom stereocenters. The van der Waals surface area contributed by atoms with Crippen molar-refractivity contribution in [2.24, 2.45) is 16.7 Å². The lowest BCUT2D eigenvalue weighted by atomic mass is 9.86. The molecule has 184 valence electrons. The third-order valence-electron chi connectivity index (χ3n) is 8.47. The van der Waals surface area contributed by atoms with Crippen LogP contribution in [0.5, 0.6) is 0 Å². The number of amides is 2. The van der Waals surface area contributed by atoms with Gasteiger partial charge in [-0.05, 0) is 60.8 Å². The molecule has 0 radical (unpaired) electrons. The number of benzene rings is 2. The smallest absolute Gasteiger partial charge is 0.407 e. The first-order valence-electron chi connectivity index (χ1n) is 12.4. The molecule has 0 aliphatic heterocycles. The molecule has 35 heavy (non-hydrogen) atoms. The molecule has 3 N–H and O–H groups in total. The molecule has 5 rings (SSSR count). The summed E-state index contributed by atoms with van der Waals surface area (Å²) in [6.07, 6.45) is 1.88. The number of ether oxygens (including phenoxy) is 1. The van der Waals surface area contributed by atoms with Gasteiger partial charge in [0.1, 0.15) is 6.61 Å². The fourth-order valence-corrected chi connectivity index (χ4v) is 5.91. The van der Waals surface area contributed by atoms with Gasteiger partial charge in [0.2, 0.25) is 5.91 Å². The fraction of sp³-hybridized carbons (Fsp3) is 0.464. The van der Waals surface area contributed by atoms with Crippen molar-refractivity contribution >= 4 is 18.0 Å². The van der Waals surface area contributed by atoms with E-state index in [1.54, 1.807) is 0 Å². The number of hydrogen-bond donors (Lipinski definition) is 3. The number of carboxylic acids is 1. The van der Waals surface area contributed by atoms with E-state index in [1.807, 2.05) is 38.1 Å². The monoisotopic (exact) mass is 476 g/mol. The van der Waals surface area contributed by atoms with E-state index in [4.69, 9.17) is 4.74 Å². The van der Waals surface area contributed by atoms with Gasteiger partial charge in [0.25, 0.3) is 0 Å². The summed E-state index contributed by atoms with van der Waals surface area (Å²) in [5.41, 5.74) is 3.18. The first kappa shape index (κ1) is 23.4. The zero-order valence-electron chi connectivity index (χ0n) is 20.2. The van der Waals surface area contributed by atoms with Gasteiger partial charge in [0.15, 0.2) is 0 Å². The van der Waals surface area contributed by atoms with Gasteiger partial charge in [-0.1, -0.05) is 55.5 Å². The van der Waals surface area contributed by atoms with E-state index in [0.717, 1.165) is 11.1 Å². The second kappa shape index (κ2) is 8.70. The predicted molar refractivity (Wildman–Crippen MR) is 131 cm³/mol. The van der Waals surface area contributed by atoms with Crippen molar-refractivity contribution in [3.63, 3.8) is 0 Å². The lowest BCUT2D eigenvalue weighted by Gasteiger charge is -2.29. The Hall–Kier alpha value is -3.35. The highest BCUT2D eigenvalue weighted by molar-refractivity contribution is 5.84. The molecule has 0 bridgehead atoms. The first-order valence-corrected chi connectivity index (χ1v) is 12.4. The largest absolute Gasteiger partial charge is 0.481 e. The Labute approximate surface area is 205 Å². The van der Waals surface area contributed by atoms with Crippen molar-refractivity contribution in [2.45, 2.75) is 51.5 Å². The Morgan fingerprint density at radius 1 is 1.06 bits per heavy atom. The highest BCUT2D eigenvalue weighted by atomic mass is 16.5. The molecule has 0 heterocycles. The Balaban J connectivity index is 1.15. The lowest BCUT2D eigenvalue weighted by molar-refractivity contribution is -0.144. The normalized spacial score (nSPS) is 25.5. The van der Waals surface area contributed by atoms with E-state index in [0.29, 0.717) is 25.7 Å². The number of alkyl carbamates (subject to hydrolysis) is 1. The van der Waals surface area contributed by atoms with Gasteiger partial charge in [-0.3, -0.25) is 9.59 Å². The molecule has 7 heteroatoms. The average molecular weight is 477 g/mol. The lowest BCUT2D eigenvalue weighted by Crippen LogP contribution is -2.49. The molecule has 3 aliphatic rings. The van der Waals surface area contributed by atoms with Crippen LogP contribution in [0, 0.1) is 16.7 Å². The van der Waals surface area contributed by atoms with E-state index in [-0.39, 0.29) is 36.9 Å². The average Bonchev–Trinajstić information content (AvgIpc) is 3.29. The van der Waals surface area contributed by atoms with Crippen LogP contribution in [0.1, 0.15) is 56.6 Å². The Bertz CT molecular complexity index is 1130. The van der Waals surface area contributed by atoms with Gasteiger partial charge in [-0.2, -0.15) is 0 Å². The van der Waals surface area contributed by atoms with E-state index in [1.165, 1.54) is 11.1 Å². The maximum absolute atomic E-state index is 13.1. The summed E-state index contributed by atoms with van der Waals surface area (Å²) < 4.78 is 5.61. The Morgan fingerprint density at radius 3 is 2.26 bits per heavy atom. The van der Waals surface area contributed by atoms with E-state index in [2.05, 4.69) is 34.9 Å². The van der Waals surface area contributed by atoms with Gasteiger partial charge in [0.05, 0.1) is 10.8 Å². The Morgan fingerprint density at radius 2 is 1.69 bits per heavy atom. The van der Waals surface area contributed by atoms with Crippen LogP contribution in [0.2, 0.25) is 0 Å². The van der Waals surface area contributed by atoms with Gasteiger partial charge in [-0.15, -0.1) is 0 Å². The van der Waals surface area contributed by atoms with Crippen LogP contribution in [0.4, 0.5) is 4.79 Å². The number of carbonyl (C=O) groups is 3. The standard InChI is InChI=1S/C28H32N2O5/c1-3-27(2,24(31)30-18-12-17-13-28(17,14-18)25(32)33)16-29-26(34)35-15-23-21-10-6-4-8-19(21)20-9-5-7-11-22(20)23/h4-11,17-18,23H,3,12-16H2,1-2H3,(H,29,34)(H,30,31)(H,32,33)/t17-,18+,27?,28+/m0/s1. The summed E-state index contributed by atoms with van der Waals surface area (Å²) in [7, 11) is 0. The number of nitrogens with one attached hydrogen (secondary N) is 2. The fourth-order valence-electron chi connectivity index (χ4n) is 5.91. The third-order valence-corrected chi connectivity index (χ3v) is 8.47. The third kappa shape index (κ3) is 4.07. The van der Waals surface area contributed by atoms with Crippen molar-refractivity contribution in [2.75, 3.05) is 13.2 Å². The van der Waals surface area contributed by atoms with Crippen LogP contribution < -0.4 is 10.6 Å². The number of rotatable bonds is 8. The van der Waals surface area contributed by atoms with Gasteiger partial charge >= 0.3 is 12.1 Å². The van der Waals surface area contributed by atoms with Crippen molar-refractivity contribution in [3.8, 4) is 11.1 Å². The maximum Gasteiger partial charge on any atom is 0.407 e. The van der Waals surface area contributed by atoms with Crippen LogP contribution in [-0.4, -0.2) is 42.3 Å². The number of hydrogen-bond acceptors (Lipinski definition) is 4. The zero-order valence-corrected chi connectivity index (χ0v) is 20.2. The second-order valence-corrected chi connectivity index (χ2v) is 10.6. The zero-order chi connectivity index (χ0) is 24.8. The van der Waals surface area contributed by atoms with E-state index in [9.17, 15) is 19.5 Å². The van der Waals surface area contributed by atoms with E-state index < -0.39 is 22.9 Å². The van der Waals surface area contributed by atoms with Crippen LogP contribution in [0.25, 0.3) is 11.1 Å². The molecule has 2 aromatic carbocycles. The molecule has 7 nitrogen and oxygen atoms in total. The highest BCUT2D eigenvalue weighted by Gasteiger charge is 2.65. The van der Waals surface area contributed by atoms with Crippen molar-refractivity contribution in [3.05, 3.63) is 59.7 Å². The summed E-state index contributed by atoms with van der Waals surface area (Å²) in [5.74, 6) is -0.776. The molecule has 1 unspecified atom stereocenters. The molecule has 2 saturated carbocycles. The molecule has 2 fully saturated rings. The van der Waals surface area contributed by atoms with Gasteiger partial charge < -0.3 is 20.5 Å². The van der Waals surface area contributed by atoms with E-state index >= 15 is 0 Å². The Kier molecular flexibility index (Phi) is 5.82. The summed E-state index contributed by atoms with van der Waals surface area (Å²) in [6, 6.07) is 16.2. The maximum atomic E-state index is 13.1. The van der Waals surface area contributed by atoms with Crippen molar-refractivity contribution in [1.82, 2.24) is 10.6 Å². The van der Waals surface area contributed by atoms with Gasteiger partial charge in [0, 0.05) is 18.5 Å². The molecule has 0 aromatic heterocycles. The van der Waals surface area contributed by atoms with Crippen LogP contribution in [0.15, 0.2) is 48.5 Å². The quantitative estimate of drug-likeness (QED) is 0.527. The van der Waals surface area contributed by atoms with Crippen molar-refractivity contribution in [1.29, 1.82) is 0 Å². The number of aliphatic carboxylic acids is 1. The topological polar surface area (TPSA) is 105 Å². The number of fused-ring (bicyclic) bond motifs is 4. The van der Waals surface area contributed by atoms with Crippen LogP contribution >= 0.6 is 0 Å². The minimum absolute atomic E-state index is 0.0237. The first-order chi connectivity index (χ1) is 16.8. The number of carboxylic acid groups (broad SMARTS) is 1. The number of carbonyl (C=O) groups excluding carboxylic acids is 2. The summed E-state index contributed by atoms with van der Waals surface area (Å²) in [5, 5.41) is 15.3. The summed E-state index contributed by atoms with van der Waals surface area (Å²) in [4.78, 5) is 37.2. The SMILES string of the molecule is CCC(C)(CNC(=O)OCC1c2ccccc2-c2ccccc21)C(=O)N[C@@H]1C[C@H]2C[C@@]2(C(=O)O)C1. The molecule has 3 aliphatic carbocycles. The summed E-state index contributed by atoms with van der Waals surface area (Å²) in [6.45, 7) is 4.08. The minimum atomic E-state index is -0.811. The van der Waals surface area contributed by atoms with Crippen molar-refractivity contribution < 1.29 is 24.2 Å². The van der Waals surface area contributed by atoms with Crippen LogP contribution in [0.3, 0.4) is 0 Å². The molecule has 0 spiro atoms.